The number of carbonyl (C=O) groups excluding carboxylic acids is 5. The van der Waals surface area contributed by atoms with Gasteiger partial charge >= 0.3 is 6.09 Å². The molecule has 0 saturated heterocycles. The van der Waals surface area contributed by atoms with Gasteiger partial charge in [-0.1, -0.05) is 58.0 Å². The maximum Gasteiger partial charge on any atom is 0.408 e. The molecule has 4 N–H and O–H groups in total. The Bertz CT molecular complexity index is 1180. The zero-order valence-electron chi connectivity index (χ0n) is 22.5. The molecule has 0 fully saturated rings. The van der Waals surface area contributed by atoms with E-state index in [0.717, 1.165) is 5.56 Å². The number of hydrogen-bond donors (Lipinski definition) is 4. The molecule has 13 heteroatoms. The van der Waals surface area contributed by atoms with Gasteiger partial charge in [0.2, 0.25) is 17.6 Å². The molecular weight excluding hydrogens is 506 g/mol. The summed E-state index contributed by atoms with van der Waals surface area (Å²) in [6.45, 7) is 7.57. The zero-order valence-corrected chi connectivity index (χ0v) is 22.5. The van der Waals surface area contributed by atoms with Crippen LogP contribution in [-0.2, 0) is 43.5 Å². The number of rotatable bonds is 9. The zero-order chi connectivity index (χ0) is 28.5. The third-order valence-electron chi connectivity index (χ3n) is 6.26. The van der Waals surface area contributed by atoms with Gasteiger partial charge in [-0.15, -0.1) is 10.2 Å². The van der Waals surface area contributed by atoms with Crippen LogP contribution in [-0.4, -0.2) is 69.0 Å². The molecule has 210 valence electrons. The first kappa shape index (κ1) is 29.3. The fraction of sp³-hybridized carbons (Fsp3) is 0.500. The summed E-state index contributed by atoms with van der Waals surface area (Å²) in [5, 5.41) is 18.2. The average Bonchev–Trinajstić information content (AvgIpc) is 3.35. The van der Waals surface area contributed by atoms with E-state index in [9.17, 15) is 24.0 Å². The first-order valence-corrected chi connectivity index (χ1v) is 12.8. The largest absolute Gasteiger partial charge is 0.445 e. The number of benzene rings is 1. The van der Waals surface area contributed by atoms with Crippen molar-refractivity contribution in [2.24, 2.45) is 11.8 Å². The van der Waals surface area contributed by atoms with Crippen molar-refractivity contribution in [3.8, 4) is 0 Å². The Hall–Kier alpha value is -4.29. The van der Waals surface area contributed by atoms with Crippen molar-refractivity contribution < 1.29 is 28.7 Å². The molecular formula is C26H35N7O6. The van der Waals surface area contributed by atoms with Crippen LogP contribution in [0.2, 0.25) is 0 Å². The highest BCUT2D eigenvalue weighted by atomic mass is 16.5. The van der Waals surface area contributed by atoms with E-state index in [-0.39, 0.29) is 31.4 Å². The summed E-state index contributed by atoms with van der Waals surface area (Å²) in [5.74, 6) is -3.14. The highest BCUT2D eigenvalue weighted by Gasteiger charge is 2.35. The van der Waals surface area contributed by atoms with Crippen molar-refractivity contribution >= 4 is 29.6 Å². The van der Waals surface area contributed by atoms with Crippen LogP contribution in [0.5, 0.6) is 0 Å². The molecule has 39 heavy (non-hydrogen) atoms. The minimum Gasteiger partial charge on any atom is -0.445 e. The molecule has 0 bridgehead atoms. The number of carbonyl (C=O) groups is 5. The topological polar surface area (TPSA) is 173 Å². The van der Waals surface area contributed by atoms with Gasteiger partial charge in [-0.3, -0.25) is 19.2 Å². The molecule has 2 aromatic rings. The normalized spacial score (nSPS) is 17.1. The van der Waals surface area contributed by atoms with Crippen LogP contribution in [0.1, 0.15) is 39.1 Å². The minimum absolute atomic E-state index is 0.0346. The third kappa shape index (κ3) is 8.09. The molecule has 1 aromatic heterocycles. The highest BCUT2D eigenvalue weighted by molar-refractivity contribution is 6.38. The molecule has 4 amide bonds. The maximum atomic E-state index is 13.3. The van der Waals surface area contributed by atoms with Crippen LogP contribution in [0.3, 0.4) is 0 Å². The van der Waals surface area contributed by atoms with E-state index >= 15 is 0 Å². The van der Waals surface area contributed by atoms with Gasteiger partial charge in [0.05, 0.1) is 0 Å². The van der Waals surface area contributed by atoms with Crippen molar-refractivity contribution in [3.05, 3.63) is 48.0 Å². The quantitative estimate of drug-likeness (QED) is 0.323. The summed E-state index contributed by atoms with van der Waals surface area (Å²) in [6, 6.07) is 5.86. The molecule has 3 atom stereocenters. The molecule has 3 unspecified atom stereocenters. The van der Waals surface area contributed by atoms with Gasteiger partial charge in [-0.2, -0.15) is 0 Å². The second-order valence-electron chi connectivity index (χ2n) is 9.98. The molecule has 0 spiro atoms. The Morgan fingerprint density at radius 1 is 1.03 bits per heavy atom. The van der Waals surface area contributed by atoms with Crippen LogP contribution in [0.4, 0.5) is 4.79 Å². The van der Waals surface area contributed by atoms with Gasteiger partial charge in [0.1, 0.15) is 36.9 Å². The van der Waals surface area contributed by atoms with Crippen molar-refractivity contribution in [1.29, 1.82) is 0 Å². The Balaban J connectivity index is 1.67. The van der Waals surface area contributed by atoms with E-state index < -0.39 is 47.7 Å². The van der Waals surface area contributed by atoms with Gasteiger partial charge in [-0.25, -0.2) is 4.79 Å². The second-order valence-corrected chi connectivity index (χ2v) is 9.98. The SMILES string of the molecule is CC(C)C(NC(=O)OCc1ccccc1)C(=O)NC(C(=O)NC1Cc2nncn2CCNC(=O)C1=O)C(C)C. The van der Waals surface area contributed by atoms with Gasteiger partial charge < -0.3 is 30.6 Å². The molecule has 1 aromatic carbocycles. The molecule has 0 saturated carbocycles. The predicted octanol–water partition coefficient (Wildman–Crippen LogP) is 0.0961. The number of ether oxygens (including phenoxy) is 1. The lowest BCUT2D eigenvalue weighted by Crippen LogP contribution is -2.59. The van der Waals surface area contributed by atoms with Gasteiger partial charge in [0.25, 0.3) is 5.91 Å². The number of nitrogens with zero attached hydrogens (tertiary/aromatic N) is 3. The number of fused-ring (bicyclic) bond motifs is 1. The second kappa shape index (κ2) is 13.5. The van der Waals surface area contributed by atoms with E-state index in [4.69, 9.17) is 4.74 Å². The molecule has 0 aliphatic carbocycles. The first-order chi connectivity index (χ1) is 18.6. The van der Waals surface area contributed by atoms with Crippen LogP contribution in [0, 0.1) is 11.8 Å². The van der Waals surface area contributed by atoms with E-state index in [1.807, 2.05) is 30.3 Å². The van der Waals surface area contributed by atoms with Crippen molar-refractivity contribution in [2.75, 3.05) is 6.54 Å². The van der Waals surface area contributed by atoms with E-state index in [0.29, 0.717) is 12.4 Å². The third-order valence-corrected chi connectivity index (χ3v) is 6.26. The van der Waals surface area contributed by atoms with Crippen LogP contribution < -0.4 is 21.3 Å². The number of aromatic nitrogens is 3. The average molecular weight is 542 g/mol. The lowest BCUT2D eigenvalue weighted by Gasteiger charge is -2.28. The molecule has 1 aliphatic heterocycles. The van der Waals surface area contributed by atoms with E-state index in [1.165, 1.54) is 6.33 Å². The molecule has 3 rings (SSSR count). The summed E-state index contributed by atoms with van der Waals surface area (Å²) in [6.07, 6.45) is 0.668. The summed E-state index contributed by atoms with van der Waals surface area (Å²) >= 11 is 0. The molecule has 0 radical (unpaired) electrons. The van der Waals surface area contributed by atoms with Gasteiger partial charge in [0, 0.05) is 19.5 Å². The Labute approximate surface area is 226 Å². The van der Waals surface area contributed by atoms with Gasteiger partial charge in [0.15, 0.2) is 0 Å². The highest BCUT2D eigenvalue weighted by Crippen LogP contribution is 2.10. The minimum atomic E-state index is -1.20. The number of hydrogen-bond acceptors (Lipinski definition) is 8. The fourth-order valence-electron chi connectivity index (χ4n) is 4.02. The van der Waals surface area contributed by atoms with E-state index in [2.05, 4.69) is 31.5 Å². The predicted molar refractivity (Wildman–Crippen MR) is 139 cm³/mol. The summed E-state index contributed by atoms with van der Waals surface area (Å²) in [7, 11) is 0. The van der Waals surface area contributed by atoms with Crippen LogP contribution in [0.25, 0.3) is 0 Å². The number of Topliss-reactive ketones (excluding diaryl/α,β-unsaturated/α-hetero) is 1. The Morgan fingerprint density at radius 2 is 1.69 bits per heavy atom. The van der Waals surface area contributed by atoms with Crippen molar-refractivity contribution in [3.63, 3.8) is 0 Å². The first-order valence-electron chi connectivity index (χ1n) is 12.8. The number of ketones is 1. The lowest BCUT2D eigenvalue weighted by molar-refractivity contribution is -0.140. The maximum absolute atomic E-state index is 13.3. The molecule has 13 nitrogen and oxygen atoms in total. The standard InChI is InChI=1S/C26H35N7O6/c1-15(2)20(23(35)29-18-12-19-32-28-14-33(19)11-10-27-25(37)22(18)34)30-24(36)21(16(3)4)31-26(38)39-13-17-8-6-5-7-9-17/h5-9,14-16,18,20-21H,10-13H2,1-4H3,(H,27,37)(H,29,35)(H,30,36)(H,31,38). The summed E-state index contributed by atoms with van der Waals surface area (Å²) < 4.78 is 6.93. The summed E-state index contributed by atoms with van der Waals surface area (Å²) in [4.78, 5) is 64.0. The lowest BCUT2D eigenvalue weighted by atomic mass is 9.99. The number of nitrogens with one attached hydrogen (secondary N) is 4. The van der Waals surface area contributed by atoms with Crippen molar-refractivity contribution in [2.45, 2.75) is 65.4 Å². The van der Waals surface area contributed by atoms with Crippen LogP contribution in [0.15, 0.2) is 36.7 Å². The number of amides is 4. The van der Waals surface area contributed by atoms with Crippen molar-refractivity contribution in [1.82, 2.24) is 36.0 Å². The fourth-order valence-corrected chi connectivity index (χ4v) is 4.02. The Kier molecular flexibility index (Phi) is 10.1. The van der Waals surface area contributed by atoms with Gasteiger partial charge in [-0.05, 0) is 17.4 Å². The van der Waals surface area contributed by atoms with E-state index in [1.54, 1.807) is 32.3 Å². The Morgan fingerprint density at radius 3 is 2.36 bits per heavy atom. The summed E-state index contributed by atoms with van der Waals surface area (Å²) in [5.41, 5.74) is 0.793. The monoisotopic (exact) mass is 541 g/mol. The molecule has 2 heterocycles. The number of alkyl carbamates (subject to hydrolysis) is 1. The molecule has 1 aliphatic rings. The smallest absolute Gasteiger partial charge is 0.408 e. The van der Waals surface area contributed by atoms with Crippen LogP contribution >= 0.6 is 0 Å².